The van der Waals surface area contributed by atoms with Crippen LogP contribution in [0.1, 0.15) is 13.3 Å². The number of urea groups is 1. The summed E-state index contributed by atoms with van der Waals surface area (Å²) in [6.07, 6.45) is 0.882. The molecule has 1 fully saturated rings. The number of nitrogens with zero attached hydrogens (tertiary/aromatic N) is 2. The van der Waals surface area contributed by atoms with Gasteiger partial charge in [-0.1, -0.05) is 6.92 Å². The highest BCUT2D eigenvalue weighted by Gasteiger charge is 2.19. The lowest BCUT2D eigenvalue weighted by Gasteiger charge is -2.30. The molecule has 0 bridgehead atoms. The van der Waals surface area contributed by atoms with Crippen LogP contribution < -0.4 is 5.84 Å². The van der Waals surface area contributed by atoms with Crippen molar-refractivity contribution in [1.29, 1.82) is 0 Å². The first-order valence-corrected chi connectivity index (χ1v) is 4.64. The summed E-state index contributed by atoms with van der Waals surface area (Å²) in [5.41, 5.74) is 0. The van der Waals surface area contributed by atoms with Gasteiger partial charge >= 0.3 is 6.03 Å². The second-order valence-electron chi connectivity index (χ2n) is 3.08. The summed E-state index contributed by atoms with van der Waals surface area (Å²) in [5, 5.41) is 1.27. The Balaban J connectivity index is 2.36. The number of hydrogen-bond acceptors (Lipinski definition) is 3. The standard InChI is InChI=1S/C8H17N3O2/c1-2-3-11(9)8(12)10-4-6-13-7-5-10/h2-7,9H2,1H3. The molecule has 76 valence electrons. The summed E-state index contributed by atoms with van der Waals surface area (Å²) in [7, 11) is 0. The molecule has 0 radical (unpaired) electrons. The van der Waals surface area contributed by atoms with Gasteiger partial charge in [0.1, 0.15) is 0 Å². The van der Waals surface area contributed by atoms with Crippen molar-refractivity contribution < 1.29 is 9.53 Å². The summed E-state index contributed by atoms with van der Waals surface area (Å²) in [6.45, 7) is 5.13. The van der Waals surface area contributed by atoms with Crippen LogP contribution in [0.2, 0.25) is 0 Å². The van der Waals surface area contributed by atoms with Crippen LogP contribution in [0.4, 0.5) is 4.79 Å². The highest BCUT2D eigenvalue weighted by molar-refractivity contribution is 5.73. The third kappa shape index (κ3) is 2.86. The zero-order valence-corrected chi connectivity index (χ0v) is 8.03. The van der Waals surface area contributed by atoms with Gasteiger partial charge in [0.05, 0.1) is 13.2 Å². The van der Waals surface area contributed by atoms with Crippen molar-refractivity contribution in [2.45, 2.75) is 13.3 Å². The lowest BCUT2D eigenvalue weighted by Crippen LogP contribution is -2.51. The summed E-state index contributed by atoms with van der Waals surface area (Å²) in [6, 6.07) is -0.0925. The minimum Gasteiger partial charge on any atom is -0.378 e. The number of rotatable bonds is 2. The molecule has 1 aliphatic rings. The maximum absolute atomic E-state index is 11.6. The molecule has 2 N–H and O–H groups in total. The zero-order valence-electron chi connectivity index (χ0n) is 8.03. The van der Waals surface area contributed by atoms with Gasteiger partial charge in [0.15, 0.2) is 0 Å². The Bertz CT molecular complexity index is 169. The van der Waals surface area contributed by atoms with Gasteiger partial charge in [-0.05, 0) is 6.42 Å². The van der Waals surface area contributed by atoms with Crippen molar-refractivity contribution in [1.82, 2.24) is 9.91 Å². The van der Waals surface area contributed by atoms with Crippen LogP contribution in [0.3, 0.4) is 0 Å². The van der Waals surface area contributed by atoms with Crippen LogP contribution in [0.25, 0.3) is 0 Å². The van der Waals surface area contributed by atoms with E-state index in [1.165, 1.54) is 5.01 Å². The molecule has 0 unspecified atom stereocenters. The summed E-state index contributed by atoms with van der Waals surface area (Å²) in [5.74, 6) is 5.56. The fourth-order valence-electron chi connectivity index (χ4n) is 1.27. The first-order chi connectivity index (χ1) is 6.25. The van der Waals surface area contributed by atoms with Crippen LogP contribution in [0.5, 0.6) is 0 Å². The fourth-order valence-corrected chi connectivity index (χ4v) is 1.27. The molecule has 0 spiro atoms. The summed E-state index contributed by atoms with van der Waals surface area (Å²) >= 11 is 0. The third-order valence-corrected chi connectivity index (χ3v) is 1.99. The predicted molar refractivity (Wildman–Crippen MR) is 49.0 cm³/mol. The zero-order chi connectivity index (χ0) is 9.68. The molecule has 5 nitrogen and oxygen atoms in total. The highest BCUT2D eigenvalue weighted by Crippen LogP contribution is 2.00. The number of morpholine rings is 1. The first kappa shape index (κ1) is 10.3. The van der Waals surface area contributed by atoms with Crippen molar-refractivity contribution in [3.8, 4) is 0 Å². The molecule has 0 aromatic rings. The topological polar surface area (TPSA) is 58.8 Å². The molecule has 13 heavy (non-hydrogen) atoms. The van der Waals surface area contributed by atoms with E-state index in [4.69, 9.17) is 10.6 Å². The Kier molecular flexibility index (Phi) is 3.98. The van der Waals surface area contributed by atoms with Crippen molar-refractivity contribution in [2.75, 3.05) is 32.8 Å². The van der Waals surface area contributed by atoms with Gasteiger partial charge in [-0.3, -0.25) is 5.01 Å². The van der Waals surface area contributed by atoms with E-state index in [1.807, 2.05) is 6.92 Å². The smallest absolute Gasteiger partial charge is 0.334 e. The maximum atomic E-state index is 11.6. The Morgan fingerprint density at radius 2 is 2.15 bits per heavy atom. The van der Waals surface area contributed by atoms with E-state index in [0.717, 1.165) is 6.42 Å². The molecule has 0 aliphatic carbocycles. The lowest BCUT2D eigenvalue weighted by molar-refractivity contribution is 0.0432. The van der Waals surface area contributed by atoms with Crippen LogP contribution in [0, 0.1) is 0 Å². The SMILES string of the molecule is CCCN(N)C(=O)N1CCOCC1. The molecule has 1 aliphatic heterocycles. The van der Waals surface area contributed by atoms with Gasteiger partial charge in [-0.2, -0.15) is 0 Å². The van der Waals surface area contributed by atoms with Crippen LogP contribution in [-0.4, -0.2) is 48.8 Å². The fraction of sp³-hybridized carbons (Fsp3) is 0.875. The average Bonchev–Trinajstić information content (AvgIpc) is 2.18. The molecule has 5 heteroatoms. The number of carbonyl (C=O) groups is 1. The van der Waals surface area contributed by atoms with Crippen molar-refractivity contribution in [2.24, 2.45) is 5.84 Å². The molecule has 0 aromatic carbocycles. The minimum absolute atomic E-state index is 0.0925. The molecule has 1 saturated heterocycles. The largest absolute Gasteiger partial charge is 0.378 e. The van der Waals surface area contributed by atoms with E-state index in [2.05, 4.69) is 0 Å². The van der Waals surface area contributed by atoms with Crippen molar-refractivity contribution in [3.63, 3.8) is 0 Å². The summed E-state index contributed by atoms with van der Waals surface area (Å²) < 4.78 is 5.14. The number of hydrogen-bond donors (Lipinski definition) is 1. The number of nitrogens with two attached hydrogens (primary N) is 1. The lowest BCUT2D eigenvalue weighted by atomic mass is 10.4. The number of hydrazine groups is 1. The van der Waals surface area contributed by atoms with E-state index in [9.17, 15) is 4.79 Å². The van der Waals surface area contributed by atoms with E-state index < -0.39 is 0 Å². The van der Waals surface area contributed by atoms with E-state index in [1.54, 1.807) is 4.90 Å². The van der Waals surface area contributed by atoms with Gasteiger partial charge in [0.25, 0.3) is 0 Å². The Labute approximate surface area is 78.4 Å². The van der Waals surface area contributed by atoms with E-state index in [0.29, 0.717) is 32.8 Å². The molecular weight excluding hydrogens is 170 g/mol. The Morgan fingerprint density at radius 3 is 2.69 bits per heavy atom. The van der Waals surface area contributed by atoms with Crippen LogP contribution in [0.15, 0.2) is 0 Å². The first-order valence-electron chi connectivity index (χ1n) is 4.64. The number of carbonyl (C=O) groups excluding carboxylic acids is 1. The van der Waals surface area contributed by atoms with Crippen molar-refractivity contribution in [3.05, 3.63) is 0 Å². The monoisotopic (exact) mass is 187 g/mol. The average molecular weight is 187 g/mol. The Hall–Kier alpha value is -0.810. The third-order valence-electron chi connectivity index (χ3n) is 1.99. The van der Waals surface area contributed by atoms with Gasteiger partial charge in [-0.15, -0.1) is 0 Å². The van der Waals surface area contributed by atoms with Crippen LogP contribution in [-0.2, 0) is 4.74 Å². The van der Waals surface area contributed by atoms with Crippen molar-refractivity contribution >= 4 is 6.03 Å². The maximum Gasteiger partial charge on any atom is 0.334 e. The van der Waals surface area contributed by atoms with E-state index >= 15 is 0 Å². The second-order valence-corrected chi connectivity index (χ2v) is 3.08. The molecule has 2 amide bonds. The van der Waals surface area contributed by atoms with Gasteiger partial charge < -0.3 is 9.64 Å². The van der Waals surface area contributed by atoms with Gasteiger partial charge in [0, 0.05) is 19.6 Å². The molecule has 1 heterocycles. The molecule has 0 atom stereocenters. The molecular formula is C8H17N3O2. The Morgan fingerprint density at radius 1 is 1.54 bits per heavy atom. The number of amides is 2. The van der Waals surface area contributed by atoms with E-state index in [-0.39, 0.29) is 6.03 Å². The summed E-state index contributed by atoms with van der Waals surface area (Å²) in [4.78, 5) is 13.3. The minimum atomic E-state index is -0.0925. The molecule has 1 rings (SSSR count). The normalized spacial score (nSPS) is 17.2. The van der Waals surface area contributed by atoms with Gasteiger partial charge in [-0.25, -0.2) is 10.6 Å². The quantitative estimate of drug-likeness (QED) is 0.377. The number of ether oxygens (including phenoxy) is 1. The highest BCUT2D eigenvalue weighted by atomic mass is 16.5. The van der Waals surface area contributed by atoms with Crippen LogP contribution >= 0.6 is 0 Å². The molecule has 0 aromatic heterocycles. The molecule has 0 saturated carbocycles. The van der Waals surface area contributed by atoms with Gasteiger partial charge in [0.2, 0.25) is 0 Å². The predicted octanol–water partition coefficient (Wildman–Crippen LogP) is 0.0243. The second kappa shape index (κ2) is 5.04.